The van der Waals surface area contributed by atoms with Crippen LogP contribution in [0.4, 0.5) is 0 Å². The smallest absolute Gasteiger partial charge is 0.119 e. The summed E-state index contributed by atoms with van der Waals surface area (Å²) < 4.78 is 5.27. The average Bonchev–Trinajstić information content (AvgIpc) is 2.53. The monoisotopic (exact) mass is 296 g/mol. The van der Waals surface area contributed by atoms with E-state index < -0.39 is 0 Å². The Labute approximate surface area is 113 Å². The number of aryl methyl sites for hydroxylation is 1. The van der Waals surface area contributed by atoms with Crippen molar-refractivity contribution in [1.29, 1.82) is 0 Å². The molecule has 1 aliphatic carbocycles. The summed E-state index contributed by atoms with van der Waals surface area (Å²) in [5.41, 5.74) is 2.88. The Bertz CT molecular complexity index is 375. The maximum atomic E-state index is 5.27. The third-order valence-corrected chi connectivity index (χ3v) is 4.61. The quantitative estimate of drug-likeness (QED) is 0.562. The van der Waals surface area contributed by atoms with E-state index in [1.54, 1.807) is 7.11 Å². The third-order valence-electron chi connectivity index (χ3n) is 3.78. The molecule has 2 rings (SSSR count). The standard InChI is InChI=1S/C15H21BrO/c1-11-9-14(17-2)7-8-15(11)12-5-3-4-6-13(16)10-12/h7-9,12-13H,3-6,10H2,1-2H3. The number of rotatable bonds is 2. The van der Waals surface area contributed by atoms with E-state index in [9.17, 15) is 0 Å². The van der Waals surface area contributed by atoms with Crippen molar-refractivity contribution in [2.24, 2.45) is 0 Å². The zero-order chi connectivity index (χ0) is 12.3. The van der Waals surface area contributed by atoms with Gasteiger partial charge in [0.05, 0.1) is 7.11 Å². The third kappa shape index (κ3) is 3.25. The zero-order valence-electron chi connectivity index (χ0n) is 10.7. The van der Waals surface area contributed by atoms with Gasteiger partial charge < -0.3 is 4.74 Å². The topological polar surface area (TPSA) is 9.23 Å². The molecular weight excluding hydrogens is 276 g/mol. The molecule has 2 atom stereocenters. The molecule has 1 nitrogen and oxygen atoms in total. The Hall–Kier alpha value is -0.500. The van der Waals surface area contributed by atoms with Crippen molar-refractivity contribution in [2.75, 3.05) is 7.11 Å². The first-order chi connectivity index (χ1) is 8.20. The summed E-state index contributed by atoms with van der Waals surface area (Å²) in [6.45, 7) is 2.20. The first-order valence-electron chi connectivity index (χ1n) is 6.49. The molecule has 1 aromatic carbocycles. The van der Waals surface area contributed by atoms with E-state index in [0.717, 1.165) is 5.75 Å². The second-order valence-electron chi connectivity index (χ2n) is 5.04. The van der Waals surface area contributed by atoms with Crippen LogP contribution in [0.3, 0.4) is 0 Å². The molecule has 1 aromatic rings. The number of benzene rings is 1. The molecule has 1 fully saturated rings. The predicted molar refractivity (Wildman–Crippen MR) is 76.3 cm³/mol. The van der Waals surface area contributed by atoms with Gasteiger partial charge >= 0.3 is 0 Å². The van der Waals surface area contributed by atoms with Crippen LogP contribution in [0, 0.1) is 6.92 Å². The van der Waals surface area contributed by atoms with E-state index in [4.69, 9.17) is 4.74 Å². The van der Waals surface area contributed by atoms with Gasteiger partial charge in [-0.3, -0.25) is 0 Å². The Morgan fingerprint density at radius 3 is 2.71 bits per heavy atom. The van der Waals surface area contributed by atoms with Gasteiger partial charge in [-0.2, -0.15) is 0 Å². The number of halogens is 1. The summed E-state index contributed by atoms with van der Waals surface area (Å²) in [7, 11) is 1.73. The van der Waals surface area contributed by atoms with E-state index in [1.165, 1.54) is 43.2 Å². The van der Waals surface area contributed by atoms with Crippen molar-refractivity contribution in [3.05, 3.63) is 29.3 Å². The fourth-order valence-electron chi connectivity index (χ4n) is 2.82. The van der Waals surface area contributed by atoms with Crippen LogP contribution in [-0.4, -0.2) is 11.9 Å². The molecule has 0 heterocycles. The fraction of sp³-hybridized carbons (Fsp3) is 0.600. The van der Waals surface area contributed by atoms with Gasteiger partial charge in [-0.05, 0) is 55.4 Å². The number of hydrogen-bond acceptors (Lipinski definition) is 1. The lowest BCUT2D eigenvalue weighted by Crippen LogP contribution is -2.05. The molecule has 0 spiro atoms. The van der Waals surface area contributed by atoms with Gasteiger partial charge in [-0.25, -0.2) is 0 Å². The van der Waals surface area contributed by atoms with Crippen LogP contribution < -0.4 is 4.74 Å². The van der Waals surface area contributed by atoms with Crippen molar-refractivity contribution < 1.29 is 4.74 Å². The molecule has 0 saturated heterocycles. The average molecular weight is 297 g/mol. The first kappa shape index (κ1) is 12.9. The molecule has 94 valence electrons. The van der Waals surface area contributed by atoms with Crippen molar-refractivity contribution in [3.63, 3.8) is 0 Å². The highest BCUT2D eigenvalue weighted by Crippen LogP contribution is 2.36. The van der Waals surface area contributed by atoms with Crippen molar-refractivity contribution in [3.8, 4) is 5.75 Å². The zero-order valence-corrected chi connectivity index (χ0v) is 12.3. The first-order valence-corrected chi connectivity index (χ1v) is 7.41. The largest absolute Gasteiger partial charge is 0.497 e. The summed E-state index contributed by atoms with van der Waals surface area (Å²) in [5.74, 6) is 1.68. The van der Waals surface area contributed by atoms with Gasteiger partial charge in [-0.15, -0.1) is 0 Å². The van der Waals surface area contributed by atoms with Crippen molar-refractivity contribution >= 4 is 15.9 Å². The van der Waals surface area contributed by atoms with Crippen LogP contribution in [0.15, 0.2) is 18.2 Å². The van der Waals surface area contributed by atoms with E-state index in [0.29, 0.717) is 10.7 Å². The Morgan fingerprint density at radius 2 is 2.00 bits per heavy atom. The number of ether oxygens (including phenoxy) is 1. The van der Waals surface area contributed by atoms with E-state index >= 15 is 0 Å². The molecule has 0 bridgehead atoms. The van der Waals surface area contributed by atoms with Gasteiger partial charge in [0.2, 0.25) is 0 Å². The van der Waals surface area contributed by atoms with Crippen LogP contribution in [0.2, 0.25) is 0 Å². The highest BCUT2D eigenvalue weighted by Gasteiger charge is 2.21. The summed E-state index contributed by atoms with van der Waals surface area (Å²) in [5, 5.41) is 0. The normalized spacial score (nSPS) is 25.4. The molecule has 0 aliphatic heterocycles. The van der Waals surface area contributed by atoms with Crippen molar-refractivity contribution in [1.82, 2.24) is 0 Å². The number of hydrogen-bond donors (Lipinski definition) is 0. The Kier molecular flexibility index (Phi) is 4.49. The minimum atomic E-state index is 0.691. The molecule has 0 aromatic heterocycles. The molecule has 0 radical (unpaired) electrons. The second-order valence-corrected chi connectivity index (χ2v) is 6.33. The highest BCUT2D eigenvalue weighted by atomic mass is 79.9. The minimum Gasteiger partial charge on any atom is -0.497 e. The van der Waals surface area contributed by atoms with Gasteiger partial charge in [0.25, 0.3) is 0 Å². The summed E-state index contributed by atoms with van der Waals surface area (Å²) in [6.07, 6.45) is 6.65. The van der Waals surface area contributed by atoms with Gasteiger partial charge in [0.1, 0.15) is 5.75 Å². The maximum absolute atomic E-state index is 5.27. The molecule has 2 unspecified atom stereocenters. The van der Waals surface area contributed by atoms with Gasteiger partial charge in [0, 0.05) is 4.83 Å². The maximum Gasteiger partial charge on any atom is 0.119 e. The second kappa shape index (κ2) is 5.90. The molecule has 0 N–H and O–H groups in total. The fourth-order valence-corrected chi connectivity index (χ4v) is 3.59. The van der Waals surface area contributed by atoms with E-state index in [2.05, 4.69) is 41.1 Å². The molecule has 2 heteroatoms. The number of methoxy groups -OCH3 is 1. The lowest BCUT2D eigenvalue weighted by atomic mass is 9.89. The van der Waals surface area contributed by atoms with Crippen LogP contribution in [0.5, 0.6) is 5.75 Å². The van der Waals surface area contributed by atoms with Gasteiger partial charge in [0.15, 0.2) is 0 Å². The van der Waals surface area contributed by atoms with E-state index in [-0.39, 0.29) is 0 Å². The highest BCUT2D eigenvalue weighted by molar-refractivity contribution is 9.09. The van der Waals surface area contributed by atoms with E-state index in [1.807, 2.05) is 0 Å². The van der Waals surface area contributed by atoms with Gasteiger partial charge in [-0.1, -0.05) is 34.8 Å². The Balaban J connectivity index is 2.20. The van der Waals surface area contributed by atoms with Crippen molar-refractivity contribution in [2.45, 2.75) is 49.8 Å². The molecular formula is C15H21BrO. The predicted octanol–water partition coefficient (Wildman–Crippen LogP) is 4.81. The molecule has 1 saturated carbocycles. The summed E-state index contributed by atoms with van der Waals surface area (Å²) in [6, 6.07) is 6.50. The van der Waals surface area contributed by atoms with Crippen LogP contribution >= 0.6 is 15.9 Å². The SMILES string of the molecule is COc1ccc(C2CCCCC(Br)C2)c(C)c1. The minimum absolute atomic E-state index is 0.691. The number of alkyl halides is 1. The molecule has 0 amide bonds. The van der Waals surface area contributed by atoms with Crippen LogP contribution in [-0.2, 0) is 0 Å². The summed E-state index contributed by atoms with van der Waals surface area (Å²) >= 11 is 3.80. The van der Waals surface area contributed by atoms with Crippen LogP contribution in [0.25, 0.3) is 0 Å². The molecule has 1 aliphatic rings. The lowest BCUT2D eigenvalue weighted by molar-refractivity contribution is 0.414. The summed E-state index contributed by atoms with van der Waals surface area (Å²) in [4.78, 5) is 0.691. The van der Waals surface area contributed by atoms with Crippen LogP contribution in [0.1, 0.15) is 49.1 Å². The lowest BCUT2D eigenvalue weighted by Gasteiger charge is -2.19. The molecule has 17 heavy (non-hydrogen) atoms. The Morgan fingerprint density at radius 1 is 1.24 bits per heavy atom.